The van der Waals surface area contributed by atoms with Crippen LogP contribution in [0.4, 0.5) is 5.69 Å². The van der Waals surface area contributed by atoms with E-state index in [1.54, 1.807) is 29.2 Å². The lowest BCUT2D eigenvalue weighted by atomic mass is 10.1. The molecule has 2 rings (SSSR count). The number of benzene rings is 2. The van der Waals surface area contributed by atoms with Gasteiger partial charge in [-0.05, 0) is 31.2 Å². The highest BCUT2D eigenvalue weighted by Gasteiger charge is 2.15. The Balaban J connectivity index is 2.28. The van der Waals surface area contributed by atoms with Gasteiger partial charge in [-0.1, -0.05) is 30.3 Å². The second kappa shape index (κ2) is 5.96. The van der Waals surface area contributed by atoms with E-state index in [1.165, 1.54) is 0 Å². The average molecular weight is 253 g/mol. The van der Waals surface area contributed by atoms with Crippen LogP contribution < -0.4 is 4.90 Å². The van der Waals surface area contributed by atoms with E-state index >= 15 is 0 Å². The zero-order valence-electron chi connectivity index (χ0n) is 10.7. The normalized spacial score (nSPS) is 9.95. The topological polar surface area (TPSA) is 37.4 Å². The van der Waals surface area contributed by atoms with E-state index in [9.17, 15) is 9.59 Å². The van der Waals surface area contributed by atoms with E-state index in [-0.39, 0.29) is 5.91 Å². The molecule has 0 unspecified atom stereocenters. The maximum absolute atomic E-state index is 12.4. The Kier molecular flexibility index (Phi) is 4.08. The molecule has 3 heteroatoms. The first-order valence-corrected chi connectivity index (χ1v) is 6.18. The van der Waals surface area contributed by atoms with Crippen LogP contribution in [0, 0.1) is 0 Å². The molecule has 0 atom stereocenters. The number of anilines is 1. The summed E-state index contributed by atoms with van der Waals surface area (Å²) in [6.07, 6.45) is 0.767. The highest BCUT2D eigenvalue weighted by Crippen LogP contribution is 2.16. The first-order chi connectivity index (χ1) is 9.26. The van der Waals surface area contributed by atoms with Crippen LogP contribution in [-0.2, 0) is 0 Å². The molecular weight excluding hydrogens is 238 g/mol. The van der Waals surface area contributed by atoms with Gasteiger partial charge in [0.2, 0.25) is 0 Å². The van der Waals surface area contributed by atoms with Crippen LogP contribution in [0.15, 0.2) is 54.6 Å². The molecule has 2 aromatic carbocycles. The number of aldehydes is 1. The zero-order valence-corrected chi connectivity index (χ0v) is 10.7. The molecule has 3 nitrogen and oxygen atoms in total. The molecule has 0 spiro atoms. The van der Waals surface area contributed by atoms with Gasteiger partial charge in [-0.3, -0.25) is 9.59 Å². The van der Waals surface area contributed by atoms with Gasteiger partial charge in [0, 0.05) is 23.4 Å². The molecule has 0 aliphatic heterocycles. The van der Waals surface area contributed by atoms with E-state index in [4.69, 9.17) is 0 Å². The first-order valence-electron chi connectivity index (χ1n) is 6.18. The van der Waals surface area contributed by atoms with Crippen LogP contribution in [0.5, 0.6) is 0 Å². The fourth-order valence-electron chi connectivity index (χ4n) is 1.91. The summed E-state index contributed by atoms with van der Waals surface area (Å²) in [7, 11) is 0. The van der Waals surface area contributed by atoms with Crippen molar-refractivity contribution in [3.8, 4) is 0 Å². The van der Waals surface area contributed by atoms with Crippen LogP contribution in [0.25, 0.3) is 0 Å². The number of hydrogen-bond acceptors (Lipinski definition) is 2. The van der Waals surface area contributed by atoms with Crippen LogP contribution in [-0.4, -0.2) is 18.7 Å². The smallest absolute Gasteiger partial charge is 0.258 e. The molecule has 0 fully saturated rings. The van der Waals surface area contributed by atoms with E-state index in [0.717, 1.165) is 12.0 Å². The molecule has 0 saturated heterocycles. The predicted molar refractivity (Wildman–Crippen MR) is 75.6 cm³/mol. The Morgan fingerprint density at radius 3 is 2.21 bits per heavy atom. The third-order valence-corrected chi connectivity index (χ3v) is 2.92. The quantitative estimate of drug-likeness (QED) is 0.785. The van der Waals surface area contributed by atoms with Gasteiger partial charge in [-0.2, -0.15) is 0 Å². The fourth-order valence-corrected chi connectivity index (χ4v) is 1.91. The Labute approximate surface area is 112 Å². The largest absolute Gasteiger partial charge is 0.309 e. The van der Waals surface area contributed by atoms with Crippen LogP contribution in [0.2, 0.25) is 0 Å². The second-order valence-corrected chi connectivity index (χ2v) is 4.12. The summed E-state index contributed by atoms with van der Waals surface area (Å²) >= 11 is 0. The van der Waals surface area contributed by atoms with Crippen molar-refractivity contribution >= 4 is 17.9 Å². The Morgan fingerprint density at radius 1 is 1.05 bits per heavy atom. The van der Waals surface area contributed by atoms with Crippen LogP contribution in [0.3, 0.4) is 0 Å². The van der Waals surface area contributed by atoms with E-state index < -0.39 is 0 Å². The van der Waals surface area contributed by atoms with Crippen LogP contribution >= 0.6 is 0 Å². The summed E-state index contributed by atoms with van der Waals surface area (Å²) < 4.78 is 0. The fraction of sp³-hybridized carbons (Fsp3) is 0.125. The molecule has 0 aliphatic carbocycles. The molecule has 1 amide bonds. The molecule has 0 N–H and O–H groups in total. The Morgan fingerprint density at radius 2 is 1.68 bits per heavy atom. The lowest BCUT2D eigenvalue weighted by Crippen LogP contribution is -2.30. The van der Waals surface area contributed by atoms with Crippen molar-refractivity contribution in [2.45, 2.75) is 6.92 Å². The SMILES string of the molecule is CCN(C(=O)c1ccc(C=O)cc1)c1ccccc1. The Hall–Kier alpha value is -2.42. The lowest BCUT2D eigenvalue weighted by Gasteiger charge is -2.21. The molecule has 2 aromatic rings. The van der Waals surface area contributed by atoms with Gasteiger partial charge >= 0.3 is 0 Å². The molecule has 96 valence electrons. The summed E-state index contributed by atoms with van der Waals surface area (Å²) in [6, 6.07) is 16.2. The summed E-state index contributed by atoms with van der Waals surface area (Å²) in [5.74, 6) is -0.0638. The van der Waals surface area contributed by atoms with Gasteiger partial charge in [0.25, 0.3) is 5.91 Å². The highest BCUT2D eigenvalue weighted by molar-refractivity contribution is 6.06. The Bertz CT molecular complexity index is 561. The molecule has 0 heterocycles. The van der Waals surface area contributed by atoms with E-state index in [1.807, 2.05) is 37.3 Å². The van der Waals surface area contributed by atoms with Gasteiger partial charge in [0.15, 0.2) is 0 Å². The lowest BCUT2D eigenvalue weighted by molar-refractivity contribution is 0.0987. The number of para-hydroxylation sites is 1. The summed E-state index contributed by atoms with van der Waals surface area (Å²) in [5.41, 5.74) is 2.02. The van der Waals surface area contributed by atoms with Gasteiger partial charge in [0.1, 0.15) is 6.29 Å². The van der Waals surface area contributed by atoms with Gasteiger partial charge in [-0.25, -0.2) is 0 Å². The molecular formula is C16H15NO2. The maximum Gasteiger partial charge on any atom is 0.258 e. The van der Waals surface area contributed by atoms with Gasteiger partial charge in [-0.15, -0.1) is 0 Å². The van der Waals surface area contributed by atoms with Crippen molar-refractivity contribution in [3.63, 3.8) is 0 Å². The molecule has 0 saturated carbocycles. The standard InChI is InChI=1S/C16H15NO2/c1-2-17(15-6-4-3-5-7-15)16(19)14-10-8-13(12-18)9-11-14/h3-12H,2H2,1H3. The first kappa shape index (κ1) is 13.0. The zero-order chi connectivity index (χ0) is 13.7. The number of amides is 1. The minimum atomic E-state index is -0.0638. The summed E-state index contributed by atoms with van der Waals surface area (Å²) in [4.78, 5) is 24.7. The predicted octanol–water partition coefficient (Wildman–Crippen LogP) is 3.17. The number of hydrogen-bond donors (Lipinski definition) is 0. The summed E-state index contributed by atoms with van der Waals surface area (Å²) in [6.45, 7) is 2.53. The van der Waals surface area contributed by atoms with Crippen molar-refractivity contribution in [2.24, 2.45) is 0 Å². The van der Waals surface area contributed by atoms with Crippen molar-refractivity contribution < 1.29 is 9.59 Å². The van der Waals surface area contributed by atoms with Crippen molar-refractivity contribution in [1.29, 1.82) is 0 Å². The summed E-state index contributed by atoms with van der Waals surface area (Å²) in [5, 5.41) is 0. The maximum atomic E-state index is 12.4. The monoisotopic (exact) mass is 253 g/mol. The minimum absolute atomic E-state index is 0.0638. The van der Waals surface area contributed by atoms with Gasteiger partial charge in [0.05, 0.1) is 0 Å². The third-order valence-electron chi connectivity index (χ3n) is 2.92. The van der Waals surface area contributed by atoms with Gasteiger partial charge < -0.3 is 4.90 Å². The molecule has 0 aromatic heterocycles. The molecule has 0 radical (unpaired) electrons. The van der Waals surface area contributed by atoms with Crippen molar-refractivity contribution in [3.05, 3.63) is 65.7 Å². The number of rotatable bonds is 4. The number of carbonyl (C=O) groups excluding carboxylic acids is 2. The minimum Gasteiger partial charge on any atom is -0.309 e. The highest BCUT2D eigenvalue weighted by atomic mass is 16.2. The second-order valence-electron chi connectivity index (χ2n) is 4.12. The molecule has 0 aliphatic rings. The number of nitrogens with zero attached hydrogens (tertiary/aromatic N) is 1. The van der Waals surface area contributed by atoms with E-state index in [0.29, 0.717) is 17.7 Å². The number of carbonyl (C=O) groups is 2. The van der Waals surface area contributed by atoms with Crippen LogP contribution in [0.1, 0.15) is 27.6 Å². The third kappa shape index (κ3) is 2.88. The van der Waals surface area contributed by atoms with Crippen molar-refractivity contribution in [1.82, 2.24) is 0 Å². The molecule has 0 bridgehead atoms. The molecule has 19 heavy (non-hydrogen) atoms. The average Bonchev–Trinajstić information content (AvgIpc) is 2.49. The van der Waals surface area contributed by atoms with E-state index in [2.05, 4.69) is 0 Å². The van der Waals surface area contributed by atoms with Crippen molar-refractivity contribution in [2.75, 3.05) is 11.4 Å².